The number of nitrogens with one attached hydrogen (secondary N) is 1. The second kappa shape index (κ2) is 7.51. The van der Waals surface area contributed by atoms with Gasteiger partial charge in [0.15, 0.2) is 5.82 Å². The van der Waals surface area contributed by atoms with Gasteiger partial charge in [-0.25, -0.2) is 0 Å². The van der Waals surface area contributed by atoms with E-state index in [2.05, 4.69) is 27.3 Å². The van der Waals surface area contributed by atoms with Crippen molar-refractivity contribution in [3.05, 3.63) is 12.2 Å². The summed E-state index contributed by atoms with van der Waals surface area (Å²) in [6, 6.07) is -0.398. The molecular formula is C14H24N4O3. The average Bonchev–Trinajstić information content (AvgIpc) is 3.02. The fraction of sp³-hybridized carbons (Fsp3) is 0.786. The van der Waals surface area contributed by atoms with Crippen molar-refractivity contribution in [2.45, 2.75) is 51.8 Å². The third kappa shape index (κ3) is 4.01. The van der Waals surface area contributed by atoms with E-state index in [1.54, 1.807) is 0 Å². The van der Waals surface area contributed by atoms with E-state index in [9.17, 15) is 4.79 Å². The minimum Gasteiger partial charge on any atom is -0.376 e. The Labute approximate surface area is 125 Å². The molecule has 21 heavy (non-hydrogen) atoms. The zero-order valence-corrected chi connectivity index (χ0v) is 12.9. The van der Waals surface area contributed by atoms with E-state index in [-0.39, 0.29) is 24.1 Å². The molecule has 1 aromatic heterocycles. The van der Waals surface area contributed by atoms with Crippen LogP contribution in [-0.2, 0) is 9.53 Å². The summed E-state index contributed by atoms with van der Waals surface area (Å²) in [5, 5.41) is 6.71. The van der Waals surface area contributed by atoms with Gasteiger partial charge in [0.25, 0.3) is 0 Å². The number of nitrogens with zero attached hydrogens (tertiary/aromatic N) is 3. The lowest BCUT2D eigenvalue weighted by Crippen LogP contribution is -2.53. The molecule has 1 N–H and O–H groups in total. The van der Waals surface area contributed by atoms with E-state index in [1.165, 1.54) is 6.39 Å². The highest BCUT2D eigenvalue weighted by molar-refractivity contribution is 5.82. The van der Waals surface area contributed by atoms with Crippen LogP contribution in [0.1, 0.15) is 45.5 Å². The molecular weight excluding hydrogens is 272 g/mol. The first kappa shape index (κ1) is 15.9. The Morgan fingerprint density at radius 1 is 1.57 bits per heavy atom. The summed E-state index contributed by atoms with van der Waals surface area (Å²) in [4.78, 5) is 18.7. The van der Waals surface area contributed by atoms with Crippen molar-refractivity contribution in [3.63, 3.8) is 0 Å². The van der Waals surface area contributed by atoms with Crippen molar-refractivity contribution in [1.29, 1.82) is 0 Å². The smallest absolute Gasteiger partial charge is 0.237 e. The molecule has 1 fully saturated rings. The normalized spacial score (nSPS) is 22.7. The van der Waals surface area contributed by atoms with Gasteiger partial charge in [0, 0.05) is 13.1 Å². The van der Waals surface area contributed by atoms with Crippen molar-refractivity contribution < 1.29 is 14.1 Å². The number of carbonyl (C=O) groups excluding carboxylic acids is 1. The number of rotatable bonds is 6. The summed E-state index contributed by atoms with van der Waals surface area (Å²) in [5.41, 5.74) is 0. The number of ether oxygens (including phenoxy) is 1. The molecule has 7 nitrogen and oxygen atoms in total. The summed E-state index contributed by atoms with van der Waals surface area (Å²) in [6.07, 6.45) is 3.22. The molecule has 0 aliphatic carbocycles. The van der Waals surface area contributed by atoms with Gasteiger partial charge in [0.1, 0.15) is 0 Å². The highest BCUT2D eigenvalue weighted by Crippen LogP contribution is 2.15. The standard InChI is InChI=1S/C14H24N4O3/c1-4-11-8-18(6-7-20-11)12(5-2)14(19)16-10(3)13-15-9-21-17-13/h9-12H,4-8H2,1-3H3,(H,16,19). The van der Waals surface area contributed by atoms with Crippen LogP contribution in [0.3, 0.4) is 0 Å². The van der Waals surface area contributed by atoms with Crippen molar-refractivity contribution in [2.75, 3.05) is 19.7 Å². The van der Waals surface area contributed by atoms with Gasteiger partial charge in [0.05, 0.1) is 24.8 Å². The summed E-state index contributed by atoms with van der Waals surface area (Å²) >= 11 is 0. The Kier molecular flexibility index (Phi) is 5.69. The third-order valence-corrected chi connectivity index (χ3v) is 3.88. The molecule has 3 atom stereocenters. The molecule has 1 amide bonds. The van der Waals surface area contributed by atoms with Crippen LogP contribution in [0.25, 0.3) is 0 Å². The number of aromatic nitrogens is 2. The quantitative estimate of drug-likeness (QED) is 0.848. The SMILES string of the molecule is CCC1CN(C(CC)C(=O)NC(C)c2ncon2)CCO1. The minimum atomic E-state index is -0.256. The number of amides is 1. The van der Waals surface area contributed by atoms with Gasteiger partial charge in [-0.15, -0.1) is 0 Å². The molecule has 7 heteroatoms. The van der Waals surface area contributed by atoms with E-state index < -0.39 is 0 Å². The Morgan fingerprint density at radius 2 is 2.38 bits per heavy atom. The summed E-state index contributed by atoms with van der Waals surface area (Å²) < 4.78 is 10.4. The number of morpholine rings is 1. The van der Waals surface area contributed by atoms with E-state index in [1.807, 2.05) is 13.8 Å². The van der Waals surface area contributed by atoms with Gasteiger partial charge in [-0.05, 0) is 19.8 Å². The van der Waals surface area contributed by atoms with Gasteiger partial charge < -0.3 is 14.6 Å². The van der Waals surface area contributed by atoms with Crippen LogP contribution in [0.5, 0.6) is 0 Å². The fourth-order valence-corrected chi connectivity index (χ4v) is 2.63. The first-order chi connectivity index (χ1) is 10.2. The molecule has 1 aromatic rings. The highest BCUT2D eigenvalue weighted by atomic mass is 16.5. The van der Waals surface area contributed by atoms with Gasteiger partial charge in [-0.3, -0.25) is 9.69 Å². The molecule has 0 saturated carbocycles. The number of carbonyl (C=O) groups is 1. The first-order valence-corrected chi connectivity index (χ1v) is 7.58. The third-order valence-electron chi connectivity index (χ3n) is 3.88. The molecule has 1 saturated heterocycles. The number of hydrogen-bond donors (Lipinski definition) is 1. The fourth-order valence-electron chi connectivity index (χ4n) is 2.63. The van der Waals surface area contributed by atoms with Crippen LogP contribution >= 0.6 is 0 Å². The predicted molar refractivity (Wildman–Crippen MR) is 76.5 cm³/mol. The van der Waals surface area contributed by atoms with Gasteiger partial charge in [-0.1, -0.05) is 19.0 Å². The maximum Gasteiger partial charge on any atom is 0.237 e. The monoisotopic (exact) mass is 296 g/mol. The predicted octanol–water partition coefficient (Wildman–Crippen LogP) is 1.14. The molecule has 0 radical (unpaired) electrons. The lowest BCUT2D eigenvalue weighted by Gasteiger charge is -2.37. The topological polar surface area (TPSA) is 80.5 Å². The molecule has 0 aromatic carbocycles. The molecule has 0 spiro atoms. The zero-order chi connectivity index (χ0) is 15.2. The average molecular weight is 296 g/mol. The Morgan fingerprint density at radius 3 is 3.00 bits per heavy atom. The molecule has 118 valence electrons. The van der Waals surface area contributed by atoms with Crippen LogP contribution in [0, 0.1) is 0 Å². The molecule has 2 rings (SSSR count). The lowest BCUT2D eigenvalue weighted by molar-refractivity contribution is -0.131. The summed E-state index contributed by atoms with van der Waals surface area (Å²) in [7, 11) is 0. The Bertz CT molecular complexity index is 437. The van der Waals surface area contributed by atoms with Crippen molar-refractivity contribution in [3.8, 4) is 0 Å². The second-order valence-electron chi connectivity index (χ2n) is 5.34. The summed E-state index contributed by atoms with van der Waals surface area (Å²) in [5.74, 6) is 0.498. The minimum absolute atomic E-state index is 0.00607. The molecule has 3 unspecified atom stereocenters. The maximum absolute atomic E-state index is 12.5. The molecule has 1 aliphatic heterocycles. The van der Waals surface area contributed by atoms with Gasteiger partial charge in [0.2, 0.25) is 12.3 Å². The largest absolute Gasteiger partial charge is 0.376 e. The van der Waals surface area contributed by atoms with Crippen molar-refractivity contribution >= 4 is 5.91 Å². The summed E-state index contributed by atoms with van der Waals surface area (Å²) in [6.45, 7) is 8.26. The molecule has 2 heterocycles. The van der Waals surface area contributed by atoms with Crippen LogP contribution in [0.4, 0.5) is 0 Å². The Hall–Kier alpha value is -1.47. The molecule has 0 bridgehead atoms. The van der Waals surface area contributed by atoms with Crippen LogP contribution in [0.2, 0.25) is 0 Å². The van der Waals surface area contributed by atoms with Crippen LogP contribution in [0.15, 0.2) is 10.9 Å². The molecule has 1 aliphatic rings. The second-order valence-corrected chi connectivity index (χ2v) is 5.34. The number of hydrogen-bond acceptors (Lipinski definition) is 6. The van der Waals surface area contributed by atoms with Crippen LogP contribution in [-0.4, -0.2) is 52.8 Å². The van der Waals surface area contributed by atoms with E-state index >= 15 is 0 Å². The van der Waals surface area contributed by atoms with E-state index in [4.69, 9.17) is 9.26 Å². The lowest BCUT2D eigenvalue weighted by atomic mass is 10.1. The van der Waals surface area contributed by atoms with Crippen LogP contribution < -0.4 is 5.32 Å². The maximum atomic E-state index is 12.5. The van der Waals surface area contributed by atoms with Crippen molar-refractivity contribution in [2.24, 2.45) is 0 Å². The van der Waals surface area contributed by atoms with Crippen molar-refractivity contribution in [1.82, 2.24) is 20.4 Å². The van der Waals surface area contributed by atoms with E-state index in [0.29, 0.717) is 12.4 Å². The van der Waals surface area contributed by atoms with Gasteiger partial charge >= 0.3 is 0 Å². The first-order valence-electron chi connectivity index (χ1n) is 7.58. The van der Waals surface area contributed by atoms with E-state index in [0.717, 1.165) is 25.9 Å². The zero-order valence-electron chi connectivity index (χ0n) is 12.9. The Balaban J connectivity index is 1.94. The highest BCUT2D eigenvalue weighted by Gasteiger charge is 2.30. The van der Waals surface area contributed by atoms with Gasteiger partial charge in [-0.2, -0.15) is 4.98 Å².